The third-order valence-corrected chi connectivity index (χ3v) is 9.21. The van der Waals surface area contributed by atoms with Crippen LogP contribution in [0.5, 0.6) is 0 Å². The largest absolute Gasteiger partial charge is 0.242 e. The first-order valence-electron chi connectivity index (χ1n) is 13.5. The van der Waals surface area contributed by atoms with Crippen LogP contribution in [0.2, 0.25) is 0 Å². The molecule has 0 aliphatic rings. The molecule has 1 heterocycles. The van der Waals surface area contributed by atoms with Crippen LogP contribution in [0.3, 0.4) is 0 Å². The van der Waals surface area contributed by atoms with E-state index in [4.69, 9.17) is 0 Å². The number of fused-ring (bicyclic) bond motifs is 3. The molecule has 0 N–H and O–H groups in total. The topological polar surface area (TPSA) is 0 Å². The van der Waals surface area contributed by atoms with E-state index in [-0.39, 0.29) is 6.71 Å². The van der Waals surface area contributed by atoms with Crippen molar-refractivity contribution in [1.29, 1.82) is 0 Å². The molecule has 6 rings (SSSR count). The third kappa shape index (κ3) is 4.18. The molecule has 186 valence electrons. The van der Waals surface area contributed by atoms with Gasteiger partial charge >= 0.3 is 0 Å². The molecule has 0 nitrogen and oxygen atoms in total. The average molecular weight is 509 g/mol. The average Bonchev–Trinajstić information content (AvgIpc) is 3.26. The summed E-state index contributed by atoms with van der Waals surface area (Å²) in [6.45, 7) is 13.7. The quantitative estimate of drug-likeness (QED) is 0.211. The molecule has 0 bridgehead atoms. The first kappa shape index (κ1) is 24.7. The normalized spacial score (nSPS) is 11.4. The minimum atomic E-state index is 0.178. The fourth-order valence-electron chi connectivity index (χ4n) is 6.63. The van der Waals surface area contributed by atoms with Gasteiger partial charge in [0.1, 0.15) is 0 Å². The van der Waals surface area contributed by atoms with Crippen LogP contribution in [0.25, 0.3) is 31.3 Å². The van der Waals surface area contributed by atoms with Crippen molar-refractivity contribution in [3.05, 3.63) is 124 Å². The van der Waals surface area contributed by atoms with Gasteiger partial charge in [0.05, 0.1) is 0 Å². The van der Waals surface area contributed by atoms with Crippen LogP contribution in [0.4, 0.5) is 0 Å². The predicted molar refractivity (Wildman–Crippen MR) is 171 cm³/mol. The van der Waals surface area contributed by atoms with Crippen molar-refractivity contribution in [2.75, 3.05) is 0 Å². The van der Waals surface area contributed by atoms with Gasteiger partial charge < -0.3 is 0 Å². The van der Waals surface area contributed by atoms with Crippen molar-refractivity contribution in [2.45, 2.75) is 41.5 Å². The highest BCUT2D eigenvalue weighted by Crippen LogP contribution is 2.39. The van der Waals surface area contributed by atoms with Crippen LogP contribution in [0.1, 0.15) is 33.4 Å². The maximum Gasteiger partial charge on any atom is 0.242 e. The van der Waals surface area contributed by atoms with Crippen LogP contribution in [0, 0.1) is 41.5 Å². The van der Waals surface area contributed by atoms with Crippen molar-refractivity contribution < 1.29 is 0 Å². The molecule has 0 atom stereocenters. The molecule has 0 aliphatic heterocycles. The third-order valence-electron chi connectivity index (χ3n) is 7.99. The van der Waals surface area contributed by atoms with Crippen molar-refractivity contribution >= 4 is 54.6 Å². The lowest BCUT2D eigenvalue weighted by molar-refractivity contribution is 1.34. The van der Waals surface area contributed by atoms with Crippen LogP contribution in [-0.2, 0) is 0 Å². The fraction of sp³-hybridized carbons (Fsp3) is 0.167. The molecule has 2 heteroatoms. The van der Waals surface area contributed by atoms with Gasteiger partial charge in [-0.05, 0) is 58.7 Å². The van der Waals surface area contributed by atoms with E-state index < -0.39 is 0 Å². The van der Waals surface area contributed by atoms with Crippen molar-refractivity contribution in [3.63, 3.8) is 0 Å². The molecule has 0 radical (unpaired) electrons. The Morgan fingerprint density at radius 1 is 0.526 bits per heavy atom. The van der Waals surface area contributed by atoms with Gasteiger partial charge in [0, 0.05) is 20.2 Å². The van der Waals surface area contributed by atoms with E-state index in [1.807, 2.05) is 11.3 Å². The van der Waals surface area contributed by atoms with E-state index in [2.05, 4.69) is 133 Å². The van der Waals surface area contributed by atoms with Crippen LogP contribution < -0.4 is 16.4 Å². The summed E-state index contributed by atoms with van der Waals surface area (Å²) in [5.41, 5.74) is 14.9. The number of benzene rings is 5. The highest BCUT2D eigenvalue weighted by atomic mass is 32.1. The summed E-state index contributed by atoms with van der Waals surface area (Å²) < 4.78 is 2.72. The zero-order valence-corrected chi connectivity index (χ0v) is 24.0. The van der Waals surface area contributed by atoms with Crippen LogP contribution >= 0.6 is 11.3 Å². The van der Waals surface area contributed by atoms with E-state index in [1.54, 1.807) is 0 Å². The van der Waals surface area contributed by atoms with Gasteiger partial charge in [-0.3, -0.25) is 0 Å². The Morgan fingerprint density at radius 3 is 1.71 bits per heavy atom. The Kier molecular flexibility index (Phi) is 6.24. The summed E-state index contributed by atoms with van der Waals surface area (Å²) in [5, 5.41) is 2.70. The lowest BCUT2D eigenvalue weighted by Crippen LogP contribution is -2.55. The predicted octanol–water partition coefficient (Wildman–Crippen LogP) is 8.09. The second kappa shape index (κ2) is 9.60. The number of rotatable bonds is 4. The molecule has 0 amide bonds. The number of aryl methyl sites for hydroxylation is 6. The van der Waals surface area contributed by atoms with Crippen LogP contribution in [-0.4, -0.2) is 6.71 Å². The molecule has 1 aromatic heterocycles. The molecule has 0 fully saturated rings. The Morgan fingerprint density at radius 2 is 1.08 bits per heavy atom. The maximum atomic E-state index is 2.45. The molecule has 6 aromatic rings. The van der Waals surface area contributed by atoms with E-state index in [1.165, 1.54) is 81.1 Å². The zero-order chi connectivity index (χ0) is 26.6. The molecule has 0 spiro atoms. The van der Waals surface area contributed by atoms with E-state index in [0.29, 0.717) is 0 Å². The van der Waals surface area contributed by atoms with Gasteiger partial charge in [-0.15, -0.1) is 11.3 Å². The summed E-state index contributed by atoms with van der Waals surface area (Å²) in [5.74, 6) is 0. The van der Waals surface area contributed by atoms with E-state index in [0.717, 1.165) is 0 Å². The Hall–Kier alpha value is -3.62. The number of thiophene rings is 1. The monoisotopic (exact) mass is 508 g/mol. The minimum Gasteiger partial charge on any atom is -0.135 e. The second-order valence-corrected chi connectivity index (χ2v) is 12.0. The molecular formula is C36H33BS. The molecular weight excluding hydrogens is 475 g/mol. The molecule has 5 aromatic carbocycles. The highest BCUT2D eigenvalue weighted by Gasteiger charge is 2.28. The second-order valence-electron chi connectivity index (χ2n) is 11.0. The zero-order valence-electron chi connectivity index (χ0n) is 23.1. The maximum absolute atomic E-state index is 2.45. The van der Waals surface area contributed by atoms with Crippen LogP contribution in [0.15, 0.2) is 91.0 Å². The van der Waals surface area contributed by atoms with E-state index >= 15 is 0 Å². The summed E-state index contributed by atoms with van der Waals surface area (Å²) >= 11 is 1.90. The summed E-state index contributed by atoms with van der Waals surface area (Å²) in [7, 11) is 0. The SMILES string of the molecule is Cc1cc(C)c(B(c2cccc(-c3cccc4c3sc3ccccc34)c2)c2c(C)cc(C)cc2C)c(C)c1. The first-order chi connectivity index (χ1) is 18.3. The lowest BCUT2D eigenvalue weighted by Gasteiger charge is -2.25. The molecule has 0 saturated carbocycles. The van der Waals surface area contributed by atoms with Gasteiger partial charge in [-0.25, -0.2) is 0 Å². The van der Waals surface area contributed by atoms with Crippen molar-refractivity contribution in [2.24, 2.45) is 0 Å². The Balaban J connectivity index is 1.61. The molecule has 0 saturated heterocycles. The number of hydrogen-bond donors (Lipinski definition) is 0. The van der Waals surface area contributed by atoms with Crippen molar-refractivity contribution in [3.8, 4) is 11.1 Å². The smallest absolute Gasteiger partial charge is 0.135 e. The van der Waals surface area contributed by atoms with Gasteiger partial charge in [0.25, 0.3) is 0 Å². The lowest BCUT2D eigenvalue weighted by atomic mass is 9.34. The molecule has 0 unspecified atom stereocenters. The summed E-state index contributed by atoms with van der Waals surface area (Å²) in [6.07, 6.45) is 0. The Labute approximate surface area is 231 Å². The van der Waals surface area contributed by atoms with Gasteiger partial charge in [0.15, 0.2) is 0 Å². The summed E-state index contributed by atoms with van der Waals surface area (Å²) in [6, 6.07) is 34.2. The highest BCUT2D eigenvalue weighted by molar-refractivity contribution is 7.26. The van der Waals surface area contributed by atoms with Crippen molar-refractivity contribution in [1.82, 2.24) is 0 Å². The van der Waals surface area contributed by atoms with Gasteiger partial charge in [-0.1, -0.05) is 135 Å². The standard InChI is InChI=1S/C36H33BS/c1-22-17-24(3)34(25(4)18-22)37(35-26(5)19-23(2)20-27(35)6)29-12-9-11-28(21-29)30-14-10-15-32-31-13-7-8-16-33(31)38-36(30)32/h7-21H,1-6H3. The van der Waals surface area contributed by atoms with Gasteiger partial charge in [-0.2, -0.15) is 0 Å². The van der Waals surface area contributed by atoms with Gasteiger partial charge in [0.2, 0.25) is 6.71 Å². The Bertz CT molecular complexity index is 1730. The first-order valence-corrected chi connectivity index (χ1v) is 14.3. The molecule has 38 heavy (non-hydrogen) atoms. The molecule has 0 aliphatic carbocycles. The minimum absolute atomic E-state index is 0.178. The van der Waals surface area contributed by atoms with E-state index in [9.17, 15) is 0 Å². The summed E-state index contributed by atoms with van der Waals surface area (Å²) in [4.78, 5) is 0. The number of hydrogen-bond acceptors (Lipinski definition) is 1. The fourth-order valence-corrected chi connectivity index (χ4v) is 7.87.